The van der Waals surface area contributed by atoms with Crippen LogP contribution in [0.3, 0.4) is 0 Å². The number of amides is 2. The summed E-state index contributed by atoms with van der Waals surface area (Å²) in [5.74, 6) is -0.515. The summed E-state index contributed by atoms with van der Waals surface area (Å²) in [5.41, 5.74) is 7.51. The Morgan fingerprint density at radius 3 is 2.82 bits per heavy atom. The molecule has 0 radical (unpaired) electrons. The van der Waals surface area contributed by atoms with E-state index < -0.39 is 17.4 Å². The highest BCUT2D eigenvalue weighted by Crippen LogP contribution is 2.42. The lowest BCUT2D eigenvalue weighted by atomic mass is 9.97. The smallest absolute Gasteiger partial charge is 0.267 e. The number of ether oxygens (including phenoxy) is 1. The van der Waals surface area contributed by atoms with Crippen LogP contribution in [-0.4, -0.2) is 56.6 Å². The zero-order chi connectivity index (χ0) is 23.6. The third-order valence-corrected chi connectivity index (χ3v) is 6.95. The minimum absolute atomic E-state index is 0.101. The number of rotatable bonds is 4. The Kier molecular flexibility index (Phi) is 4.58. The van der Waals surface area contributed by atoms with Crippen molar-refractivity contribution >= 4 is 11.8 Å². The molecule has 6 rings (SSSR count). The zero-order valence-corrected chi connectivity index (χ0v) is 18.5. The van der Waals surface area contributed by atoms with Gasteiger partial charge in [-0.15, -0.1) is 0 Å². The molecule has 0 unspecified atom stereocenters. The maximum atomic E-state index is 12.4. The summed E-state index contributed by atoms with van der Waals surface area (Å²) < 4.78 is 11.3. The Hall–Kier alpha value is -3.63. The first-order chi connectivity index (χ1) is 16.3. The van der Waals surface area contributed by atoms with Crippen molar-refractivity contribution < 1.29 is 24.0 Å². The number of nitrogens with two attached hydrogens (primary N) is 1. The summed E-state index contributed by atoms with van der Waals surface area (Å²) in [5, 5.41) is 14.9. The highest BCUT2D eigenvalue weighted by molar-refractivity contribution is 5.93. The van der Waals surface area contributed by atoms with Crippen LogP contribution in [0.5, 0.6) is 0 Å². The van der Waals surface area contributed by atoms with Crippen LogP contribution >= 0.6 is 0 Å². The molecule has 10 heteroatoms. The van der Waals surface area contributed by atoms with Crippen LogP contribution in [0.25, 0.3) is 22.6 Å². The summed E-state index contributed by atoms with van der Waals surface area (Å²) in [7, 11) is 1.64. The van der Waals surface area contributed by atoms with Crippen molar-refractivity contribution in [2.45, 2.75) is 43.5 Å². The molecule has 2 amide bonds. The first-order valence-corrected chi connectivity index (χ1v) is 11.3. The monoisotopic (exact) mass is 461 g/mol. The normalized spacial score (nSPS) is 25.6. The Bertz CT molecular complexity index is 1340. The topological polar surface area (TPSA) is 145 Å². The van der Waals surface area contributed by atoms with Gasteiger partial charge in [0.2, 0.25) is 5.60 Å². The van der Waals surface area contributed by atoms with Gasteiger partial charge < -0.3 is 25.0 Å². The Balaban J connectivity index is 1.38. The van der Waals surface area contributed by atoms with Gasteiger partial charge in [-0.25, -0.2) is 9.97 Å². The minimum Gasteiger partial charge on any atom is -0.373 e. The van der Waals surface area contributed by atoms with Gasteiger partial charge in [-0.1, -0.05) is 23.4 Å². The molecule has 2 saturated heterocycles. The van der Waals surface area contributed by atoms with Crippen molar-refractivity contribution in [1.82, 2.24) is 20.0 Å². The molecule has 34 heavy (non-hydrogen) atoms. The van der Waals surface area contributed by atoms with E-state index in [1.54, 1.807) is 13.1 Å². The van der Waals surface area contributed by atoms with Crippen LogP contribution in [-0.2, 0) is 21.6 Å². The van der Waals surface area contributed by atoms with Crippen molar-refractivity contribution in [2.24, 2.45) is 5.73 Å². The minimum atomic E-state index is -1.71. The number of benzene rings is 1. The van der Waals surface area contributed by atoms with Crippen LogP contribution in [0.4, 0.5) is 0 Å². The van der Waals surface area contributed by atoms with Gasteiger partial charge in [0.25, 0.3) is 11.8 Å². The fourth-order valence-electron chi connectivity index (χ4n) is 5.12. The second kappa shape index (κ2) is 7.44. The van der Waals surface area contributed by atoms with Gasteiger partial charge in [0.1, 0.15) is 11.4 Å². The van der Waals surface area contributed by atoms with Crippen LogP contribution in [0.15, 0.2) is 34.9 Å². The van der Waals surface area contributed by atoms with Crippen LogP contribution < -0.4 is 5.73 Å². The molecular formula is C24H23N5O5. The van der Waals surface area contributed by atoms with Gasteiger partial charge in [-0.2, -0.15) is 0 Å². The van der Waals surface area contributed by atoms with E-state index in [9.17, 15) is 14.7 Å². The fraction of sp³-hybridized carbons (Fsp3) is 0.375. The summed E-state index contributed by atoms with van der Waals surface area (Å²) in [6, 6.07) is 8.90. The molecule has 10 nitrogen and oxygen atoms in total. The zero-order valence-electron chi connectivity index (χ0n) is 18.5. The molecule has 0 saturated carbocycles. The number of carbonyl (C=O) groups is 2. The number of hydrogen-bond acceptors (Lipinski definition) is 8. The van der Waals surface area contributed by atoms with Gasteiger partial charge in [0, 0.05) is 49.2 Å². The molecular weight excluding hydrogens is 438 g/mol. The molecule has 3 aliphatic rings. The molecule has 2 fully saturated rings. The van der Waals surface area contributed by atoms with Crippen LogP contribution in [0.1, 0.15) is 52.9 Å². The number of aromatic nitrogens is 3. The quantitative estimate of drug-likeness (QED) is 0.597. The number of aliphatic hydroxyl groups is 1. The van der Waals surface area contributed by atoms with Crippen molar-refractivity contribution in [2.75, 3.05) is 13.6 Å². The van der Waals surface area contributed by atoms with E-state index in [0.717, 1.165) is 18.5 Å². The van der Waals surface area contributed by atoms with Gasteiger partial charge in [-0.05, 0) is 18.9 Å². The van der Waals surface area contributed by atoms with E-state index >= 15 is 0 Å². The van der Waals surface area contributed by atoms with E-state index in [0.29, 0.717) is 41.2 Å². The molecule has 0 aliphatic carbocycles. The van der Waals surface area contributed by atoms with Crippen molar-refractivity contribution in [3.05, 3.63) is 53.0 Å². The van der Waals surface area contributed by atoms with E-state index in [-0.39, 0.29) is 30.1 Å². The van der Waals surface area contributed by atoms with Crippen molar-refractivity contribution in [3.63, 3.8) is 0 Å². The maximum Gasteiger partial charge on any atom is 0.267 e. The second-order valence-electron chi connectivity index (χ2n) is 9.14. The number of hydrogen-bond donors (Lipinski definition) is 2. The van der Waals surface area contributed by atoms with E-state index in [1.165, 1.54) is 4.90 Å². The molecule has 3 aromatic rings. The first kappa shape index (κ1) is 20.9. The van der Waals surface area contributed by atoms with Gasteiger partial charge in [0.15, 0.2) is 11.6 Å². The molecule has 2 aromatic heterocycles. The summed E-state index contributed by atoms with van der Waals surface area (Å²) >= 11 is 0. The lowest BCUT2D eigenvalue weighted by Gasteiger charge is -2.24. The number of primary amides is 1. The van der Waals surface area contributed by atoms with E-state index in [2.05, 4.69) is 10.1 Å². The molecule has 3 atom stereocenters. The number of fused-ring (bicyclic) bond motifs is 4. The summed E-state index contributed by atoms with van der Waals surface area (Å²) in [4.78, 5) is 35.4. The standard InChI is InChI=1S/C24H23N5O5/c1-29-8-7-24(32,23(29)31)18-11-15(28-34-18)12-3-2-4-13(9-12)22-26-16-10-14-5-6-17(33-14)19(16)20(27-22)21(25)30/h2-4,9,11,14,17,32H,5-8,10H2,1H3,(H2,25,30)/t14-,17+,24-/m0/s1. The Morgan fingerprint density at radius 1 is 1.24 bits per heavy atom. The molecule has 174 valence electrons. The predicted octanol–water partition coefficient (Wildman–Crippen LogP) is 1.72. The predicted molar refractivity (Wildman–Crippen MR) is 118 cm³/mol. The lowest BCUT2D eigenvalue weighted by Crippen LogP contribution is -2.35. The van der Waals surface area contributed by atoms with Gasteiger partial charge in [0.05, 0.1) is 17.9 Å². The van der Waals surface area contributed by atoms with Crippen LogP contribution in [0.2, 0.25) is 0 Å². The third-order valence-electron chi connectivity index (χ3n) is 6.95. The SMILES string of the molecule is CN1CC[C@](O)(c2cc(-c3cccc(-c4nc5c(c(C(N)=O)n4)[C@H]4CC[C@@H](C5)O4)c3)no2)C1=O. The second-order valence-corrected chi connectivity index (χ2v) is 9.14. The third kappa shape index (κ3) is 3.13. The average molecular weight is 461 g/mol. The maximum absolute atomic E-state index is 12.4. The van der Waals surface area contributed by atoms with Gasteiger partial charge in [-0.3, -0.25) is 9.59 Å². The Labute approximate surface area is 194 Å². The fourth-order valence-corrected chi connectivity index (χ4v) is 5.12. The lowest BCUT2D eigenvalue weighted by molar-refractivity contribution is -0.144. The highest BCUT2D eigenvalue weighted by Gasteiger charge is 2.48. The Morgan fingerprint density at radius 2 is 2.06 bits per heavy atom. The van der Waals surface area contributed by atoms with Crippen LogP contribution in [0, 0.1) is 0 Å². The van der Waals surface area contributed by atoms with Gasteiger partial charge >= 0.3 is 0 Å². The molecule has 3 aliphatic heterocycles. The summed E-state index contributed by atoms with van der Waals surface area (Å²) in [6.07, 6.45) is 2.52. The number of nitrogens with zero attached hydrogens (tertiary/aromatic N) is 4. The van der Waals surface area contributed by atoms with Crippen molar-refractivity contribution in [3.8, 4) is 22.6 Å². The van der Waals surface area contributed by atoms with Crippen molar-refractivity contribution in [1.29, 1.82) is 0 Å². The number of likely N-dealkylation sites (N-methyl/N-ethyl adjacent to an activating group) is 1. The largest absolute Gasteiger partial charge is 0.373 e. The molecule has 0 spiro atoms. The number of likely N-dealkylation sites (tertiary alicyclic amines) is 1. The number of carbonyl (C=O) groups excluding carboxylic acids is 2. The molecule has 5 heterocycles. The molecule has 1 aromatic carbocycles. The van der Waals surface area contributed by atoms with E-state index in [1.807, 2.05) is 24.3 Å². The average Bonchev–Trinajstić information content (AvgIpc) is 3.55. The van der Waals surface area contributed by atoms with E-state index in [4.69, 9.17) is 20.0 Å². The molecule has 2 bridgehead atoms. The first-order valence-electron chi connectivity index (χ1n) is 11.3. The highest BCUT2D eigenvalue weighted by atomic mass is 16.5. The molecule has 3 N–H and O–H groups in total. The summed E-state index contributed by atoms with van der Waals surface area (Å²) in [6.45, 7) is 0.436.